The van der Waals surface area contributed by atoms with Crippen LogP contribution in [0.15, 0.2) is 0 Å². The Labute approximate surface area is 129 Å². The first kappa shape index (κ1) is 20.9. The van der Waals surface area contributed by atoms with Gasteiger partial charge in [0.2, 0.25) is 0 Å². The molecule has 112 valence electrons. The number of hydrogen-bond donors (Lipinski definition) is 0. The minimum Gasteiger partial charge on any atom is -0.306 e. The molecule has 0 aromatic rings. The highest BCUT2D eigenvalue weighted by Crippen LogP contribution is 2.02. The van der Waals surface area contributed by atoms with Crippen LogP contribution >= 0.6 is 22.6 Å². The third kappa shape index (κ3) is 13.1. The first-order valence-corrected chi connectivity index (χ1v) is 9.27. The largest absolute Gasteiger partial charge is 0.306 e. The highest BCUT2D eigenvalue weighted by Gasteiger charge is 2.07. The molecule has 0 spiro atoms. The quantitative estimate of drug-likeness (QED) is 0.479. The second kappa shape index (κ2) is 15.7. The van der Waals surface area contributed by atoms with Gasteiger partial charge in [0.25, 0.3) is 0 Å². The summed E-state index contributed by atoms with van der Waals surface area (Å²) < 4.78 is 0. The maximum atomic E-state index is 2.36. The summed E-state index contributed by atoms with van der Waals surface area (Å²) >= 11 is 2.15. The highest BCUT2D eigenvalue weighted by molar-refractivity contribution is 14.1. The van der Waals surface area contributed by atoms with Gasteiger partial charge in [-0.25, -0.2) is 0 Å². The maximum Gasteiger partial charge on any atom is 0.0107 e. The van der Waals surface area contributed by atoms with E-state index in [1.54, 1.807) is 0 Å². The molecule has 18 heavy (non-hydrogen) atoms. The van der Waals surface area contributed by atoms with E-state index < -0.39 is 0 Å². The summed E-state index contributed by atoms with van der Waals surface area (Å²) in [7, 11) is 6.52. The molecule has 3 nitrogen and oxygen atoms in total. The van der Waals surface area contributed by atoms with Gasteiger partial charge in [-0.2, -0.15) is 0 Å². The highest BCUT2D eigenvalue weighted by atomic mass is 127. The van der Waals surface area contributed by atoms with E-state index in [1.807, 2.05) is 18.8 Å². The first-order valence-electron chi connectivity index (χ1n) is 7.12. The summed E-state index contributed by atoms with van der Waals surface area (Å²) in [4.78, 5) is 9.05. The topological polar surface area (TPSA) is 9.72 Å². The van der Waals surface area contributed by atoms with Crippen molar-refractivity contribution in [3.8, 4) is 0 Å². The average molecular weight is 371 g/mol. The molecule has 0 saturated carbocycles. The summed E-state index contributed by atoms with van der Waals surface area (Å²) in [5.41, 5.74) is 0. The number of alkyl halides is 1. The van der Waals surface area contributed by atoms with Crippen LogP contribution in [0.2, 0.25) is 0 Å². The lowest BCUT2D eigenvalue weighted by molar-refractivity contribution is 0.181. The third-order valence-electron chi connectivity index (χ3n) is 3.06. The fraction of sp³-hybridized carbons (Fsp3) is 1.00. The van der Waals surface area contributed by atoms with E-state index in [1.165, 1.54) is 52.1 Å². The summed E-state index contributed by atoms with van der Waals surface area (Å²) in [6.07, 6.45) is 2.83. The molecule has 0 atom stereocenters. The molecule has 2 rings (SSSR count). The van der Waals surface area contributed by atoms with Crippen LogP contribution in [0.25, 0.3) is 0 Å². The predicted molar refractivity (Wildman–Crippen MR) is 93.0 cm³/mol. The lowest BCUT2D eigenvalue weighted by Gasteiger charge is -2.28. The number of rotatable bonds is 0. The Morgan fingerprint density at radius 1 is 0.556 bits per heavy atom. The van der Waals surface area contributed by atoms with Crippen molar-refractivity contribution in [3.63, 3.8) is 0 Å². The van der Waals surface area contributed by atoms with Crippen molar-refractivity contribution in [2.24, 2.45) is 0 Å². The molecule has 0 radical (unpaired) electrons. The molecule has 2 aliphatic heterocycles. The molecule has 2 heterocycles. The molecule has 0 aromatic carbocycles. The molecule has 2 fully saturated rings. The van der Waals surface area contributed by atoms with Crippen LogP contribution in [0, 0.1) is 0 Å². The number of likely N-dealkylation sites (N-methyl/N-ethyl adjacent to an activating group) is 2. The van der Waals surface area contributed by atoms with Gasteiger partial charge in [-0.15, -0.1) is 0 Å². The lowest BCUT2D eigenvalue weighted by Crippen LogP contribution is -2.42. The second-order valence-corrected chi connectivity index (χ2v) is 4.62. The molecule has 0 bridgehead atoms. The monoisotopic (exact) mass is 371 g/mol. The Morgan fingerprint density at radius 2 is 0.778 bits per heavy atom. The number of halogens is 1. The van der Waals surface area contributed by atoms with Crippen LogP contribution in [0.5, 0.6) is 0 Å². The van der Waals surface area contributed by atoms with Crippen LogP contribution in [0.4, 0.5) is 0 Å². The van der Waals surface area contributed by atoms with Gasteiger partial charge in [0.15, 0.2) is 0 Å². The normalized spacial score (nSPS) is 20.8. The molecule has 2 saturated heterocycles. The number of piperazine rings is 1. The lowest BCUT2D eigenvalue weighted by atomic mass is 10.4. The molecule has 0 amide bonds. The predicted octanol–water partition coefficient (Wildman–Crippen LogP) is 2.65. The summed E-state index contributed by atoms with van der Waals surface area (Å²) in [6.45, 7) is 11.6. The van der Waals surface area contributed by atoms with E-state index in [0.29, 0.717) is 0 Å². The standard InChI is InChI=1S/C6H14N2.C5H11N.C2H6.CH3I/c1-7-3-5-8(2)6-4-7;1-6-4-2-3-5-6;2*1-2/h3-6H2,1-2H3;2-5H2,1H3;1-2H3;1H3. The summed E-state index contributed by atoms with van der Waals surface area (Å²) in [5, 5.41) is 0. The van der Waals surface area contributed by atoms with Gasteiger partial charge in [0, 0.05) is 26.2 Å². The van der Waals surface area contributed by atoms with Crippen molar-refractivity contribution in [2.75, 3.05) is 65.3 Å². The fourth-order valence-electron chi connectivity index (χ4n) is 1.78. The SMILES string of the molecule is CC.CI.CN1CCCC1.CN1CCN(C)CC1. The van der Waals surface area contributed by atoms with Crippen LogP contribution in [-0.4, -0.2) is 80.0 Å². The second-order valence-electron chi connectivity index (χ2n) is 4.62. The van der Waals surface area contributed by atoms with E-state index in [9.17, 15) is 0 Å². The fourth-order valence-corrected chi connectivity index (χ4v) is 1.78. The van der Waals surface area contributed by atoms with Crippen LogP contribution in [0.1, 0.15) is 26.7 Å². The molecular formula is C14H34IN3. The van der Waals surface area contributed by atoms with Crippen molar-refractivity contribution in [2.45, 2.75) is 26.7 Å². The summed E-state index contributed by atoms with van der Waals surface area (Å²) in [6, 6.07) is 0. The van der Waals surface area contributed by atoms with E-state index in [-0.39, 0.29) is 0 Å². The van der Waals surface area contributed by atoms with Crippen molar-refractivity contribution >= 4 is 22.6 Å². The number of nitrogens with zero attached hydrogens (tertiary/aromatic N) is 3. The van der Waals surface area contributed by atoms with Crippen molar-refractivity contribution in [1.82, 2.24) is 14.7 Å². The molecule has 0 aliphatic carbocycles. The third-order valence-corrected chi connectivity index (χ3v) is 3.06. The van der Waals surface area contributed by atoms with Gasteiger partial charge in [0.05, 0.1) is 0 Å². The van der Waals surface area contributed by atoms with E-state index in [2.05, 4.69) is 58.4 Å². The summed E-state index contributed by atoms with van der Waals surface area (Å²) in [5.74, 6) is 0. The zero-order valence-corrected chi connectivity index (χ0v) is 15.5. The Kier molecular flexibility index (Phi) is 18.2. The molecule has 2 aliphatic rings. The minimum absolute atomic E-state index is 1.23. The van der Waals surface area contributed by atoms with Crippen LogP contribution in [0.3, 0.4) is 0 Å². The van der Waals surface area contributed by atoms with E-state index in [4.69, 9.17) is 0 Å². The molecule has 0 unspecified atom stereocenters. The van der Waals surface area contributed by atoms with E-state index in [0.717, 1.165) is 0 Å². The molecule has 4 heteroatoms. The van der Waals surface area contributed by atoms with Crippen LogP contribution < -0.4 is 0 Å². The van der Waals surface area contributed by atoms with Gasteiger partial charge in [-0.3, -0.25) is 0 Å². The molecular weight excluding hydrogens is 337 g/mol. The van der Waals surface area contributed by atoms with Crippen molar-refractivity contribution in [1.29, 1.82) is 0 Å². The average Bonchev–Trinajstić information content (AvgIpc) is 2.90. The van der Waals surface area contributed by atoms with Crippen LogP contribution in [-0.2, 0) is 0 Å². The Balaban J connectivity index is 0. The smallest absolute Gasteiger partial charge is 0.0107 e. The Bertz CT molecular complexity index is 132. The Hall–Kier alpha value is 0.610. The maximum absolute atomic E-state index is 2.36. The van der Waals surface area contributed by atoms with Crippen molar-refractivity contribution in [3.05, 3.63) is 0 Å². The zero-order chi connectivity index (χ0) is 14.4. The Morgan fingerprint density at radius 3 is 0.944 bits per heavy atom. The number of hydrogen-bond acceptors (Lipinski definition) is 3. The zero-order valence-electron chi connectivity index (χ0n) is 13.4. The van der Waals surface area contributed by atoms with Gasteiger partial charge < -0.3 is 14.7 Å². The number of likely N-dealkylation sites (tertiary alicyclic amines) is 1. The van der Waals surface area contributed by atoms with Crippen molar-refractivity contribution < 1.29 is 0 Å². The van der Waals surface area contributed by atoms with E-state index >= 15 is 0 Å². The first-order chi connectivity index (χ1) is 8.68. The van der Waals surface area contributed by atoms with Gasteiger partial charge in [-0.1, -0.05) is 36.4 Å². The van der Waals surface area contributed by atoms with Gasteiger partial charge >= 0.3 is 0 Å². The minimum atomic E-state index is 1.23. The van der Waals surface area contributed by atoms with Gasteiger partial charge in [0.1, 0.15) is 0 Å². The van der Waals surface area contributed by atoms with Gasteiger partial charge in [-0.05, 0) is 52.0 Å². The molecule has 0 N–H and O–H groups in total. The molecule has 0 aromatic heterocycles.